The predicted molar refractivity (Wildman–Crippen MR) is 74.9 cm³/mol. The summed E-state index contributed by atoms with van der Waals surface area (Å²) in [4.78, 5) is 23.5. The molecule has 1 aromatic rings. The van der Waals surface area contributed by atoms with Gasteiger partial charge in [0, 0.05) is 0 Å². The molecule has 1 amide bonds. The molecule has 0 aromatic carbocycles. The number of nitrogens with zero attached hydrogens (tertiary/aromatic N) is 1. The number of hydrogen-bond acceptors (Lipinski definition) is 6. The Morgan fingerprint density at radius 3 is 2.52 bits per heavy atom. The van der Waals surface area contributed by atoms with E-state index in [1.54, 1.807) is 11.4 Å². The second-order valence-corrected chi connectivity index (χ2v) is 7.58. The van der Waals surface area contributed by atoms with E-state index in [-0.39, 0.29) is 9.99 Å². The Kier molecular flexibility index (Phi) is 3.12. The summed E-state index contributed by atoms with van der Waals surface area (Å²) in [5.74, 6) is -0.947. The lowest BCUT2D eigenvalue weighted by Crippen LogP contribution is -2.48. The highest BCUT2D eigenvalue weighted by molar-refractivity contribution is 7.91. The second-order valence-electron chi connectivity index (χ2n) is 4.62. The van der Waals surface area contributed by atoms with E-state index in [0.29, 0.717) is 4.31 Å². The first-order valence-electron chi connectivity index (χ1n) is 6.10. The van der Waals surface area contributed by atoms with Gasteiger partial charge in [-0.1, -0.05) is 6.07 Å². The number of ketones is 1. The molecule has 6 nitrogen and oxygen atoms in total. The number of amides is 1. The maximum atomic E-state index is 12.7. The molecule has 1 aromatic heterocycles. The van der Waals surface area contributed by atoms with Crippen LogP contribution in [0.5, 0.6) is 0 Å². The van der Waals surface area contributed by atoms with Crippen LogP contribution in [0.15, 0.2) is 46.0 Å². The molecule has 1 unspecified atom stereocenters. The van der Waals surface area contributed by atoms with Gasteiger partial charge in [0.25, 0.3) is 15.9 Å². The van der Waals surface area contributed by atoms with Crippen molar-refractivity contribution < 1.29 is 22.7 Å². The first-order chi connectivity index (χ1) is 9.87. The van der Waals surface area contributed by atoms with Crippen LogP contribution in [0.4, 0.5) is 0 Å². The van der Waals surface area contributed by atoms with Gasteiger partial charge in [-0.25, -0.2) is 0 Å². The van der Waals surface area contributed by atoms with Gasteiger partial charge in [-0.2, -0.15) is 12.7 Å². The van der Waals surface area contributed by atoms with E-state index in [4.69, 9.17) is 4.74 Å². The molecule has 0 radical (unpaired) electrons. The van der Waals surface area contributed by atoms with Crippen molar-refractivity contribution in [1.29, 1.82) is 0 Å². The van der Waals surface area contributed by atoms with Crippen molar-refractivity contribution in [2.75, 3.05) is 0 Å². The molecule has 0 bridgehead atoms. The number of rotatable bonds is 2. The summed E-state index contributed by atoms with van der Waals surface area (Å²) < 4.78 is 31.7. The first-order valence-corrected chi connectivity index (χ1v) is 8.42. The van der Waals surface area contributed by atoms with Gasteiger partial charge >= 0.3 is 0 Å². The van der Waals surface area contributed by atoms with E-state index in [1.807, 2.05) is 0 Å². The van der Waals surface area contributed by atoms with E-state index in [9.17, 15) is 18.0 Å². The average molecular weight is 325 g/mol. The molecule has 0 saturated carbocycles. The maximum absolute atomic E-state index is 12.7. The van der Waals surface area contributed by atoms with Crippen LogP contribution in [-0.4, -0.2) is 36.2 Å². The number of allylic oxidation sites excluding steroid dienone is 2. The molecular formula is C13H11NO5S2. The second kappa shape index (κ2) is 4.62. The zero-order chi connectivity index (χ0) is 15.3. The molecule has 1 aliphatic heterocycles. The van der Waals surface area contributed by atoms with Gasteiger partial charge in [-0.05, 0) is 42.7 Å². The Hall–Kier alpha value is -1.77. The van der Waals surface area contributed by atoms with Gasteiger partial charge in [0.1, 0.15) is 10.3 Å². The largest absolute Gasteiger partial charge is 0.334 e. The molecule has 8 heteroatoms. The minimum Gasteiger partial charge on any atom is -0.334 e. The topological polar surface area (TPSA) is 80.8 Å². The summed E-state index contributed by atoms with van der Waals surface area (Å²) in [6, 6.07) is 3.01. The fourth-order valence-electron chi connectivity index (χ4n) is 2.25. The third-order valence-electron chi connectivity index (χ3n) is 3.19. The fraction of sp³-hybridized carbons (Fsp3) is 0.231. The van der Waals surface area contributed by atoms with Crippen molar-refractivity contribution >= 4 is 33.1 Å². The monoisotopic (exact) mass is 325 g/mol. The quantitative estimate of drug-likeness (QED) is 0.812. The third-order valence-corrected chi connectivity index (χ3v) is 6.37. The Morgan fingerprint density at radius 2 is 1.95 bits per heavy atom. The van der Waals surface area contributed by atoms with Crippen molar-refractivity contribution in [3.05, 3.63) is 41.8 Å². The zero-order valence-corrected chi connectivity index (χ0v) is 12.6. The Bertz CT molecular complexity index is 744. The molecule has 110 valence electrons. The van der Waals surface area contributed by atoms with Gasteiger partial charge in [-0.15, -0.1) is 11.3 Å². The van der Waals surface area contributed by atoms with Crippen LogP contribution in [0.2, 0.25) is 0 Å². The van der Waals surface area contributed by atoms with E-state index in [1.165, 1.54) is 37.3 Å². The normalized spacial score (nSPS) is 24.2. The average Bonchev–Trinajstić information content (AvgIpc) is 3.03. The number of hydrogen-bond donors (Lipinski definition) is 0. The minimum atomic E-state index is -4.04. The lowest BCUT2D eigenvalue weighted by Gasteiger charge is -2.31. The Balaban J connectivity index is 2.15. The van der Waals surface area contributed by atoms with Gasteiger partial charge in [0.2, 0.25) is 0 Å². The molecular weight excluding hydrogens is 314 g/mol. The number of sulfonamides is 1. The van der Waals surface area contributed by atoms with Crippen LogP contribution in [0.1, 0.15) is 6.92 Å². The Labute approximate surface area is 125 Å². The maximum Gasteiger partial charge on any atom is 0.279 e. The molecule has 0 N–H and O–H groups in total. The summed E-state index contributed by atoms with van der Waals surface area (Å²) in [7, 11) is -4.04. The third kappa shape index (κ3) is 2.06. The summed E-state index contributed by atoms with van der Waals surface area (Å²) in [5.41, 5.74) is -1.56. The summed E-state index contributed by atoms with van der Waals surface area (Å²) in [5, 5.41) is 1.61. The van der Waals surface area contributed by atoms with Crippen LogP contribution < -0.4 is 0 Å². The minimum absolute atomic E-state index is 0.0478. The highest BCUT2D eigenvalue weighted by Gasteiger charge is 2.54. The van der Waals surface area contributed by atoms with E-state index < -0.39 is 27.8 Å². The molecule has 3 rings (SSSR count). The van der Waals surface area contributed by atoms with Crippen LogP contribution in [0.25, 0.3) is 0 Å². The van der Waals surface area contributed by atoms with Crippen LogP contribution in [-0.2, 0) is 24.3 Å². The molecule has 1 spiro atoms. The molecule has 1 fully saturated rings. The number of carbonyl (C=O) groups is 2. The number of thiophene rings is 1. The highest BCUT2D eigenvalue weighted by Crippen LogP contribution is 2.38. The molecule has 21 heavy (non-hydrogen) atoms. The van der Waals surface area contributed by atoms with Crippen molar-refractivity contribution in [2.24, 2.45) is 0 Å². The van der Waals surface area contributed by atoms with Gasteiger partial charge in [0.05, 0.1) is 0 Å². The molecule has 1 aliphatic carbocycles. The SMILES string of the molecule is CC1OC2(C=CC(=O)C=C2)N(S(=O)(=O)c2cccs2)C1=O. The van der Waals surface area contributed by atoms with Crippen molar-refractivity contribution in [2.45, 2.75) is 23.0 Å². The standard InChI is InChI=1S/C13H11NO5S2/c1-9-12(16)14(21(17,18)11-3-2-8-20-11)13(19-9)6-4-10(15)5-7-13/h2-9H,1H3. The smallest absolute Gasteiger partial charge is 0.279 e. The number of ether oxygens (including phenoxy) is 1. The fourth-order valence-corrected chi connectivity index (χ4v) is 4.93. The van der Waals surface area contributed by atoms with Crippen LogP contribution >= 0.6 is 11.3 Å². The van der Waals surface area contributed by atoms with Gasteiger partial charge in [-0.3, -0.25) is 9.59 Å². The van der Waals surface area contributed by atoms with Gasteiger partial charge < -0.3 is 4.74 Å². The van der Waals surface area contributed by atoms with Crippen LogP contribution in [0.3, 0.4) is 0 Å². The summed E-state index contributed by atoms with van der Waals surface area (Å²) >= 11 is 1.02. The van der Waals surface area contributed by atoms with Crippen molar-refractivity contribution in [3.63, 3.8) is 0 Å². The lowest BCUT2D eigenvalue weighted by molar-refractivity contribution is -0.126. The molecule has 1 saturated heterocycles. The molecule has 2 aliphatic rings. The van der Waals surface area contributed by atoms with Gasteiger partial charge in [0.15, 0.2) is 11.5 Å². The summed E-state index contributed by atoms with van der Waals surface area (Å²) in [6.07, 6.45) is 4.07. The van der Waals surface area contributed by atoms with Crippen molar-refractivity contribution in [3.8, 4) is 0 Å². The van der Waals surface area contributed by atoms with Crippen LogP contribution in [0, 0.1) is 0 Å². The molecule has 1 atom stereocenters. The predicted octanol–water partition coefficient (Wildman–Crippen LogP) is 1.08. The summed E-state index contributed by atoms with van der Waals surface area (Å²) in [6.45, 7) is 1.48. The van der Waals surface area contributed by atoms with E-state index in [0.717, 1.165) is 11.3 Å². The highest BCUT2D eigenvalue weighted by atomic mass is 32.2. The van der Waals surface area contributed by atoms with E-state index in [2.05, 4.69) is 0 Å². The first kappa shape index (κ1) is 14.2. The van der Waals surface area contributed by atoms with E-state index >= 15 is 0 Å². The van der Waals surface area contributed by atoms with Crippen molar-refractivity contribution in [1.82, 2.24) is 4.31 Å². The number of carbonyl (C=O) groups excluding carboxylic acids is 2. The lowest BCUT2D eigenvalue weighted by atomic mass is 10.1. The Morgan fingerprint density at radius 1 is 1.29 bits per heavy atom. The zero-order valence-electron chi connectivity index (χ0n) is 10.9. The molecule has 2 heterocycles.